The lowest BCUT2D eigenvalue weighted by atomic mass is 10.1. The molecular formula is C17H22N2OS. The van der Waals surface area contributed by atoms with Crippen molar-refractivity contribution < 1.29 is 4.79 Å². The van der Waals surface area contributed by atoms with E-state index in [0.717, 1.165) is 38.0 Å². The molecule has 0 aliphatic carbocycles. The smallest absolute Gasteiger partial charge is 0.251 e. The molecular weight excluding hydrogens is 280 g/mol. The number of nitrogens with one attached hydrogen (secondary N) is 2. The molecule has 0 unspecified atom stereocenters. The zero-order chi connectivity index (χ0) is 14.9. The van der Waals surface area contributed by atoms with Crippen LogP contribution < -0.4 is 10.6 Å². The van der Waals surface area contributed by atoms with Gasteiger partial charge in [0.25, 0.3) is 5.91 Å². The average molecular weight is 302 g/mol. The lowest BCUT2D eigenvalue weighted by Crippen LogP contribution is -2.24. The van der Waals surface area contributed by atoms with Gasteiger partial charge in [-0.2, -0.15) is 0 Å². The highest BCUT2D eigenvalue weighted by atomic mass is 32.1. The van der Waals surface area contributed by atoms with E-state index in [1.807, 2.05) is 24.3 Å². The second-order valence-corrected chi connectivity index (χ2v) is 6.02. The highest BCUT2D eigenvalue weighted by molar-refractivity contribution is 7.09. The maximum Gasteiger partial charge on any atom is 0.251 e. The van der Waals surface area contributed by atoms with Crippen molar-refractivity contribution in [1.29, 1.82) is 0 Å². The Hall–Kier alpha value is -1.65. The molecule has 1 heterocycles. The molecule has 1 aromatic carbocycles. The Kier molecular flexibility index (Phi) is 6.44. The lowest BCUT2D eigenvalue weighted by molar-refractivity contribution is 0.0953. The molecule has 0 aliphatic heterocycles. The number of carbonyl (C=O) groups is 1. The SMILES string of the molecule is CCCCNC(=O)c1ccc(CNCc2cccs2)cc1. The van der Waals surface area contributed by atoms with Crippen molar-refractivity contribution in [2.75, 3.05) is 6.54 Å². The number of hydrogen-bond donors (Lipinski definition) is 2. The summed E-state index contributed by atoms with van der Waals surface area (Å²) in [7, 11) is 0. The fraction of sp³-hybridized carbons (Fsp3) is 0.353. The average Bonchev–Trinajstić information content (AvgIpc) is 3.01. The van der Waals surface area contributed by atoms with Crippen molar-refractivity contribution in [3.63, 3.8) is 0 Å². The molecule has 2 aromatic rings. The van der Waals surface area contributed by atoms with Gasteiger partial charge in [0.2, 0.25) is 0 Å². The molecule has 0 aliphatic rings. The first-order valence-corrected chi connectivity index (χ1v) is 8.28. The Morgan fingerprint density at radius 3 is 2.62 bits per heavy atom. The minimum Gasteiger partial charge on any atom is -0.352 e. The summed E-state index contributed by atoms with van der Waals surface area (Å²) in [6.07, 6.45) is 2.12. The second-order valence-electron chi connectivity index (χ2n) is 4.99. The van der Waals surface area contributed by atoms with Crippen molar-refractivity contribution in [2.24, 2.45) is 0 Å². The van der Waals surface area contributed by atoms with Crippen molar-refractivity contribution >= 4 is 17.2 Å². The molecule has 3 nitrogen and oxygen atoms in total. The Morgan fingerprint density at radius 1 is 1.14 bits per heavy atom. The lowest BCUT2D eigenvalue weighted by Gasteiger charge is -2.06. The molecule has 0 saturated heterocycles. The first-order chi connectivity index (χ1) is 10.3. The summed E-state index contributed by atoms with van der Waals surface area (Å²) in [5, 5.41) is 8.42. The van der Waals surface area contributed by atoms with Gasteiger partial charge in [0, 0.05) is 30.1 Å². The van der Waals surface area contributed by atoms with Crippen LogP contribution in [0.15, 0.2) is 41.8 Å². The van der Waals surface area contributed by atoms with Gasteiger partial charge in [-0.1, -0.05) is 31.5 Å². The van der Waals surface area contributed by atoms with Gasteiger partial charge >= 0.3 is 0 Å². The van der Waals surface area contributed by atoms with Gasteiger partial charge in [-0.15, -0.1) is 11.3 Å². The third-order valence-electron chi connectivity index (χ3n) is 3.24. The molecule has 0 saturated carbocycles. The zero-order valence-electron chi connectivity index (χ0n) is 12.4. The van der Waals surface area contributed by atoms with E-state index in [1.165, 1.54) is 10.4 Å². The number of rotatable bonds is 8. The van der Waals surface area contributed by atoms with Crippen LogP contribution in [-0.2, 0) is 13.1 Å². The minimum absolute atomic E-state index is 0.0153. The number of benzene rings is 1. The van der Waals surface area contributed by atoms with Crippen LogP contribution in [-0.4, -0.2) is 12.5 Å². The summed E-state index contributed by atoms with van der Waals surface area (Å²) >= 11 is 1.76. The first kappa shape index (κ1) is 15.7. The molecule has 1 aromatic heterocycles. The van der Waals surface area contributed by atoms with Crippen molar-refractivity contribution in [3.05, 3.63) is 57.8 Å². The third kappa shape index (κ3) is 5.33. The van der Waals surface area contributed by atoms with E-state index in [9.17, 15) is 4.79 Å². The highest BCUT2D eigenvalue weighted by Crippen LogP contribution is 2.09. The summed E-state index contributed by atoms with van der Waals surface area (Å²) in [5.74, 6) is 0.0153. The van der Waals surface area contributed by atoms with Crippen LogP contribution in [0.4, 0.5) is 0 Å². The van der Waals surface area contributed by atoms with E-state index in [-0.39, 0.29) is 5.91 Å². The molecule has 21 heavy (non-hydrogen) atoms. The summed E-state index contributed by atoms with van der Waals surface area (Å²) in [4.78, 5) is 13.2. The molecule has 0 fully saturated rings. The van der Waals surface area contributed by atoms with Gasteiger partial charge in [0.1, 0.15) is 0 Å². The molecule has 0 bridgehead atoms. The van der Waals surface area contributed by atoms with Gasteiger partial charge in [-0.3, -0.25) is 4.79 Å². The van der Waals surface area contributed by atoms with E-state index >= 15 is 0 Å². The monoisotopic (exact) mass is 302 g/mol. The molecule has 0 spiro atoms. The van der Waals surface area contributed by atoms with Crippen molar-refractivity contribution in [2.45, 2.75) is 32.9 Å². The highest BCUT2D eigenvalue weighted by Gasteiger charge is 2.04. The Balaban J connectivity index is 1.77. The zero-order valence-corrected chi connectivity index (χ0v) is 13.2. The van der Waals surface area contributed by atoms with Gasteiger partial charge in [0.05, 0.1) is 0 Å². The molecule has 4 heteroatoms. The number of hydrogen-bond acceptors (Lipinski definition) is 3. The van der Waals surface area contributed by atoms with E-state index in [1.54, 1.807) is 11.3 Å². The number of unbranched alkanes of at least 4 members (excludes halogenated alkanes) is 1. The summed E-state index contributed by atoms with van der Waals surface area (Å²) in [6, 6.07) is 12.0. The summed E-state index contributed by atoms with van der Waals surface area (Å²) in [6.45, 7) is 4.57. The molecule has 112 valence electrons. The summed E-state index contributed by atoms with van der Waals surface area (Å²) in [5.41, 5.74) is 1.92. The summed E-state index contributed by atoms with van der Waals surface area (Å²) < 4.78 is 0. The first-order valence-electron chi connectivity index (χ1n) is 7.40. The number of amides is 1. The third-order valence-corrected chi connectivity index (χ3v) is 4.12. The maximum atomic E-state index is 11.9. The van der Waals surface area contributed by atoms with Crippen LogP contribution in [0.3, 0.4) is 0 Å². The number of carbonyl (C=O) groups excluding carboxylic acids is 1. The molecule has 0 radical (unpaired) electrons. The van der Waals surface area contributed by atoms with Crippen molar-refractivity contribution in [1.82, 2.24) is 10.6 Å². The number of thiophene rings is 1. The standard InChI is InChI=1S/C17H22N2OS/c1-2-3-10-19-17(20)15-8-6-14(7-9-15)12-18-13-16-5-4-11-21-16/h4-9,11,18H,2-3,10,12-13H2,1H3,(H,19,20). The normalized spacial score (nSPS) is 10.5. The minimum atomic E-state index is 0.0153. The van der Waals surface area contributed by atoms with Gasteiger partial charge in [-0.25, -0.2) is 0 Å². The van der Waals surface area contributed by atoms with Crippen LogP contribution in [0.1, 0.15) is 40.6 Å². The predicted molar refractivity (Wildman–Crippen MR) is 88.5 cm³/mol. The van der Waals surface area contributed by atoms with Gasteiger partial charge < -0.3 is 10.6 Å². The maximum absolute atomic E-state index is 11.9. The molecule has 1 amide bonds. The quantitative estimate of drug-likeness (QED) is 0.732. The van der Waals surface area contributed by atoms with Gasteiger partial charge in [-0.05, 0) is 35.6 Å². The van der Waals surface area contributed by atoms with Crippen LogP contribution in [0, 0.1) is 0 Å². The fourth-order valence-corrected chi connectivity index (χ4v) is 2.67. The van der Waals surface area contributed by atoms with E-state index in [2.05, 4.69) is 35.1 Å². The van der Waals surface area contributed by atoms with Gasteiger partial charge in [0.15, 0.2) is 0 Å². The van der Waals surface area contributed by atoms with Crippen molar-refractivity contribution in [3.8, 4) is 0 Å². The molecule has 2 rings (SSSR count). The van der Waals surface area contributed by atoms with Crippen LogP contribution >= 0.6 is 11.3 Å². The molecule has 0 atom stereocenters. The Morgan fingerprint density at radius 2 is 1.95 bits per heavy atom. The fourth-order valence-electron chi connectivity index (χ4n) is 2.00. The van der Waals surface area contributed by atoms with E-state index in [4.69, 9.17) is 0 Å². The van der Waals surface area contributed by atoms with Crippen LogP contribution in [0.2, 0.25) is 0 Å². The van der Waals surface area contributed by atoms with Crippen LogP contribution in [0.5, 0.6) is 0 Å². The Bertz CT molecular complexity index is 534. The van der Waals surface area contributed by atoms with E-state index < -0.39 is 0 Å². The second kappa shape index (κ2) is 8.60. The van der Waals surface area contributed by atoms with Crippen LogP contribution in [0.25, 0.3) is 0 Å². The Labute approximate surface area is 130 Å². The topological polar surface area (TPSA) is 41.1 Å². The predicted octanol–water partition coefficient (Wildman–Crippen LogP) is 3.57. The largest absolute Gasteiger partial charge is 0.352 e. The van der Waals surface area contributed by atoms with E-state index in [0.29, 0.717) is 0 Å². The molecule has 2 N–H and O–H groups in total.